The Morgan fingerprint density at radius 1 is 0.472 bits per heavy atom. The SMILES string of the molecule is CC1(C)c2cc(N(c3ccc(-c4ccccc4)cc3)c3ccc(-c4ccc5c(c4)c4ccccc4n5-c4ccccc4)cc3)ccc2C2C=CC=CC21. The van der Waals surface area contributed by atoms with E-state index in [2.05, 4.69) is 217 Å². The van der Waals surface area contributed by atoms with Crippen LogP contribution in [0.2, 0.25) is 0 Å². The van der Waals surface area contributed by atoms with Gasteiger partial charge in [0.15, 0.2) is 0 Å². The van der Waals surface area contributed by atoms with Crippen LogP contribution in [0.4, 0.5) is 17.1 Å². The van der Waals surface area contributed by atoms with Crippen LogP contribution in [0.5, 0.6) is 0 Å². The lowest BCUT2D eigenvalue weighted by molar-refractivity contribution is 0.394. The second kappa shape index (κ2) is 12.4. The summed E-state index contributed by atoms with van der Waals surface area (Å²) in [4.78, 5) is 2.42. The van der Waals surface area contributed by atoms with Crippen molar-refractivity contribution in [3.8, 4) is 27.9 Å². The molecule has 53 heavy (non-hydrogen) atoms. The first-order valence-corrected chi connectivity index (χ1v) is 18.7. The van der Waals surface area contributed by atoms with Gasteiger partial charge in [0.25, 0.3) is 0 Å². The van der Waals surface area contributed by atoms with Crippen LogP contribution in [-0.2, 0) is 5.41 Å². The van der Waals surface area contributed by atoms with E-state index in [4.69, 9.17) is 0 Å². The molecule has 0 bridgehead atoms. The van der Waals surface area contributed by atoms with Crippen molar-refractivity contribution < 1.29 is 0 Å². The second-order valence-electron chi connectivity index (χ2n) is 15.0. The van der Waals surface area contributed by atoms with Gasteiger partial charge in [0.1, 0.15) is 0 Å². The summed E-state index contributed by atoms with van der Waals surface area (Å²) in [5, 5.41) is 2.53. The van der Waals surface area contributed by atoms with Gasteiger partial charge >= 0.3 is 0 Å². The third-order valence-corrected chi connectivity index (χ3v) is 11.7. The number of fused-ring (bicyclic) bond motifs is 6. The Morgan fingerprint density at radius 2 is 1.04 bits per heavy atom. The molecule has 2 aliphatic rings. The number of nitrogens with zero attached hydrogens (tertiary/aromatic N) is 2. The van der Waals surface area contributed by atoms with Crippen LogP contribution >= 0.6 is 0 Å². The predicted octanol–water partition coefficient (Wildman–Crippen LogP) is 13.7. The Balaban J connectivity index is 1.06. The summed E-state index contributed by atoms with van der Waals surface area (Å²) in [5.74, 6) is 0.894. The zero-order chi connectivity index (χ0) is 35.5. The first-order valence-electron chi connectivity index (χ1n) is 18.7. The quantitative estimate of drug-likeness (QED) is 0.170. The molecule has 2 unspecified atom stereocenters. The van der Waals surface area contributed by atoms with Crippen molar-refractivity contribution in [1.29, 1.82) is 0 Å². The summed E-state index contributed by atoms with van der Waals surface area (Å²) in [5.41, 5.74) is 14.8. The van der Waals surface area contributed by atoms with Crippen LogP contribution in [0, 0.1) is 5.92 Å². The molecule has 0 saturated carbocycles. The topological polar surface area (TPSA) is 8.17 Å². The minimum atomic E-state index is 0.0340. The molecule has 2 atom stereocenters. The fourth-order valence-electron chi connectivity index (χ4n) is 9.00. The number of aromatic nitrogens is 1. The minimum Gasteiger partial charge on any atom is -0.310 e. The second-order valence-corrected chi connectivity index (χ2v) is 15.0. The molecule has 1 aromatic heterocycles. The van der Waals surface area contributed by atoms with Crippen molar-refractivity contribution in [3.63, 3.8) is 0 Å². The van der Waals surface area contributed by atoms with E-state index < -0.39 is 0 Å². The maximum Gasteiger partial charge on any atom is 0.0541 e. The van der Waals surface area contributed by atoms with Crippen molar-refractivity contribution in [2.24, 2.45) is 5.92 Å². The molecule has 1 heterocycles. The summed E-state index contributed by atoms with van der Waals surface area (Å²) in [6.45, 7) is 4.82. The molecular formula is C51H40N2. The summed E-state index contributed by atoms with van der Waals surface area (Å²) in [6.07, 6.45) is 9.21. The fraction of sp³-hybridized carbons (Fsp3) is 0.0980. The highest BCUT2D eigenvalue weighted by Crippen LogP contribution is 2.54. The summed E-state index contributed by atoms with van der Waals surface area (Å²) in [6, 6.07) is 62.2. The highest BCUT2D eigenvalue weighted by molar-refractivity contribution is 6.10. The van der Waals surface area contributed by atoms with E-state index in [-0.39, 0.29) is 5.41 Å². The molecule has 0 saturated heterocycles. The zero-order valence-electron chi connectivity index (χ0n) is 30.0. The van der Waals surface area contributed by atoms with E-state index in [1.165, 1.54) is 66.6 Å². The van der Waals surface area contributed by atoms with Crippen LogP contribution in [0.15, 0.2) is 194 Å². The third kappa shape index (κ3) is 5.17. The Bertz CT molecular complexity index is 2680. The van der Waals surface area contributed by atoms with Gasteiger partial charge in [-0.3, -0.25) is 0 Å². The largest absolute Gasteiger partial charge is 0.310 e. The lowest BCUT2D eigenvalue weighted by atomic mass is 9.74. The summed E-state index contributed by atoms with van der Waals surface area (Å²) in [7, 11) is 0. The molecule has 0 fully saturated rings. The third-order valence-electron chi connectivity index (χ3n) is 11.7. The molecule has 8 aromatic rings. The number of hydrogen-bond donors (Lipinski definition) is 0. The van der Waals surface area contributed by atoms with Gasteiger partial charge in [-0.2, -0.15) is 0 Å². The molecule has 0 N–H and O–H groups in total. The van der Waals surface area contributed by atoms with Crippen LogP contribution in [-0.4, -0.2) is 4.57 Å². The molecule has 2 heteroatoms. The maximum absolute atomic E-state index is 2.45. The highest BCUT2D eigenvalue weighted by atomic mass is 15.1. The smallest absolute Gasteiger partial charge is 0.0541 e. The number of para-hydroxylation sites is 2. The van der Waals surface area contributed by atoms with E-state index >= 15 is 0 Å². The monoisotopic (exact) mass is 680 g/mol. The molecule has 7 aromatic carbocycles. The molecule has 2 aliphatic carbocycles. The minimum absolute atomic E-state index is 0.0340. The van der Waals surface area contributed by atoms with E-state index in [0.717, 1.165) is 11.4 Å². The molecule has 2 nitrogen and oxygen atoms in total. The van der Waals surface area contributed by atoms with E-state index in [9.17, 15) is 0 Å². The standard InChI is InChI=1S/C51H40N2/c1-51(2)47-19-11-9-17-43(47)44-31-30-42(34-48(44)51)52(40-26-21-36(22-27-40)35-13-5-3-6-14-35)41-28-23-37(24-29-41)38-25-32-50-46(33-38)45-18-10-12-20-49(45)53(50)39-15-7-4-8-16-39/h3-34,43,47H,1-2H3. The van der Waals surface area contributed by atoms with E-state index in [1.807, 2.05) is 0 Å². The summed E-state index contributed by atoms with van der Waals surface area (Å²) < 4.78 is 2.37. The average Bonchev–Trinajstić information content (AvgIpc) is 3.67. The van der Waals surface area contributed by atoms with Gasteiger partial charge in [-0.25, -0.2) is 0 Å². The van der Waals surface area contributed by atoms with Gasteiger partial charge in [-0.1, -0.05) is 141 Å². The first-order chi connectivity index (χ1) is 26.0. The average molecular weight is 681 g/mol. The predicted molar refractivity (Wildman–Crippen MR) is 224 cm³/mol. The first kappa shape index (κ1) is 31.4. The van der Waals surface area contributed by atoms with Crippen molar-refractivity contribution in [3.05, 3.63) is 205 Å². The number of hydrogen-bond acceptors (Lipinski definition) is 1. The number of benzene rings is 7. The van der Waals surface area contributed by atoms with Crippen LogP contribution < -0.4 is 4.90 Å². The van der Waals surface area contributed by atoms with Gasteiger partial charge in [0, 0.05) is 39.4 Å². The Morgan fingerprint density at radius 3 is 1.77 bits per heavy atom. The van der Waals surface area contributed by atoms with Gasteiger partial charge in [-0.05, 0) is 111 Å². The fourth-order valence-corrected chi connectivity index (χ4v) is 9.00. The Labute approximate surface area is 311 Å². The molecular weight excluding hydrogens is 641 g/mol. The Kier molecular flexibility index (Phi) is 7.33. The number of anilines is 3. The molecule has 0 aliphatic heterocycles. The number of allylic oxidation sites excluding steroid dienone is 4. The van der Waals surface area contributed by atoms with Crippen molar-refractivity contribution in [2.45, 2.75) is 25.2 Å². The van der Waals surface area contributed by atoms with Crippen LogP contribution in [0.3, 0.4) is 0 Å². The normalized spacial score (nSPS) is 16.9. The van der Waals surface area contributed by atoms with Crippen LogP contribution in [0.25, 0.3) is 49.7 Å². The molecule has 0 amide bonds. The zero-order valence-corrected chi connectivity index (χ0v) is 30.0. The summed E-state index contributed by atoms with van der Waals surface area (Å²) >= 11 is 0. The molecule has 0 spiro atoms. The van der Waals surface area contributed by atoms with Gasteiger partial charge < -0.3 is 9.47 Å². The van der Waals surface area contributed by atoms with E-state index in [0.29, 0.717) is 11.8 Å². The van der Waals surface area contributed by atoms with Crippen molar-refractivity contribution in [2.75, 3.05) is 4.90 Å². The molecule has 254 valence electrons. The van der Waals surface area contributed by atoms with Crippen molar-refractivity contribution in [1.82, 2.24) is 4.57 Å². The number of rotatable bonds is 6. The van der Waals surface area contributed by atoms with Gasteiger partial charge in [0.05, 0.1) is 11.0 Å². The molecule has 0 radical (unpaired) electrons. The van der Waals surface area contributed by atoms with E-state index in [1.54, 1.807) is 0 Å². The van der Waals surface area contributed by atoms with Gasteiger partial charge in [-0.15, -0.1) is 0 Å². The highest BCUT2D eigenvalue weighted by Gasteiger charge is 2.44. The molecule has 10 rings (SSSR count). The van der Waals surface area contributed by atoms with Crippen molar-refractivity contribution >= 4 is 38.9 Å². The Hall–Kier alpha value is -6.38. The van der Waals surface area contributed by atoms with Crippen LogP contribution in [0.1, 0.15) is 30.9 Å². The van der Waals surface area contributed by atoms with Gasteiger partial charge in [0.2, 0.25) is 0 Å². The lowest BCUT2D eigenvalue weighted by Crippen LogP contribution is -2.24. The lowest BCUT2D eigenvalue weighted by Gasteiger charge is -2.30. The maximum atomic E-state index is 2.45.